The van der Waals surface area contributed by atoms with Crippen molar-refractivity contribution in [3.63, 3.8) is 0 Å². The Morgan fingerprint density at radius 1 is 1.21 bits per heavy atom. The molecule has 1 saturated carbocycles. The van der Waals surface area contributed by atoms with E-state index >= 15 is 0 Å². The highest BCUT2D eigenvalue weighted by atomic mass is 16.5. The van der Waals surface area contributed by atoms with E-state index in [2.05, 4.69) is 27.4 Å². The van der Waals surface area contributed by atoms with Gasteiger partial charge in [0, 0.05) is 53.0 Å². The molecule has 0 aromatic rings. The van der Waals surface area contributed by atoms with Crippen molar-refractivity contribution in [3.8, 4) is 0 Å². The highest BCUT2D eigenvalue weighted by Crippen LogP contribution is 2.40. The number of aliphatic imine (C=N–C) groups is 1. The second-order valence-corrected chi connectivity index (χ2v) is 6.96. The van der Waals surface area contributed by atoms with Gasteiger partial charge in [-0.2, -0.15) is 0 Å². The molecule has 0 unspecified atom stereocenters. The number of nitrogens with zero attached hydrogens (tertiary/aromatic N) is 2. The van der Waals surface area contributed by atoms with Crippen molar-refractivity contribution < 1.29 is 9.47 Å². The van der Waals surface area contributed by atoms with E-state index in [0.29, 0.717) is 5.41 Å². The Hall–Kier alpha value is -0.850. The zero-order valence-electron chi connectivity index (χ0n) is 15.6. The summed E-state index contributed by atoms with van der Waals surface area (Å²) in [5.74, 6) is 0.922. The van der Waals surface area contributed by atoms with E-state index in [1.54, 1.807) is 0 Å². The van der Waals surface area contributed by atoms with Gasteiger partial charge in [-0.15, -0.1) is 0 Å². The first-order chi connectivity index (χ1) is 11.8. The number of hydrogen-bond acceptors (Lipinski definition) is 4. The quantitative estimate of drug-likeness (QED) is 0.378. The Labute approximate surface area is 147 Å². The van der Waals surface area contributed by atoms with E-state index in [1.807, 2.05) is 7.05 Å². The van der Waals surface area contributed by atoms with Crippen molar-refractivity contribution in [2.75, 3.05) is 66.2 Å². The first-order valence-electron chi connectivity index (χ1n) is 9.60. The van der Waals surface area contributed by atoms with Crippen LogP contribution in [0.1, 0.15) is 39.0 Å². The molecule has 0 radical (unpaired) electrons. The van der Waals surface area contributed by atoms with Crippen molar-refractivity contribution >= 4 is 5.96 Å². The van der Waals surface area contributed by atoms with Crippen LogP contribution in [0.25, 0.3) is 0 Å². The molecule has 0 atom stereocenters. The summed E-state index contributed by atoms with van der Waals surface area (Å²) >= 11 is 0. The van der Waals surface area contributed by atoms with Crippen molar-refractivity contribution in [2.45, 2.75) is 39.0 Å². The molecule has 2 N–H and O–H groups in total. The van der Waals surface area contributed by atoms with Crippen LogP contribution in [0.3, 0.4) is 0 Å². The Kier molecular flexibility index (Phi) is 8.84. The van der Waals surface area contributed by atoms with Gasteiger partial charge in [-0.1, -0.05) is 12.8 Å². The van der Waals surface area contributed by atoms with E-state index in [1.165, 1.54) is 25.7 Å². The van der Waals surface area contributed by atoms with Gasteiger partial charge in [0.15, 0.2) is 5.96 Å². The molecule has 2 aliphatic rings. The van der Waals surface area contributed by atoms with Gasteiger partial charge in [0.05, 0.1) is 13.2 Å². The number of ether oxygens (including phenoxy) is 2. The first kappa shape index (κ1) is 19.5. The standard InChI is InChI=1S/C18H36N4O2/c1-3-23-13-8-18(6-4-5-7-18)16-21-17(19-2)20-9-10-22-11-14-24-15-12-22/h3-16H2,1-2H3,(H2,19,20,21). The molecule has 0 aromatic carbocycles. The summed E-state index contributed by atoms with van der Waals surface area (Å²) in [6.45, 7) is 10.5. The Morgan fingerprint density at radius 3 is 2.62 bits per heavy atom. The summed E-state index contributed by atoms with van der Waals surface area (Å²) in [4.78, 5) is 6.81. The highest BCUT2D eigenvalue weighted by molar-refractivity contribution is 5.79. The minimum atomic E-state index is 0.386. The van der Waals surface area contributed by atoms with Crippen molar-refractivity contribution in [3.05, 3.63) is 0 Å². The van der Waals surface area contributed by atoms with Crippen LogP contribution in [0.15, 0.2) is 4.99 Å². The minimum Gasteiger partial charge on any atom is -0.382 e. The van der Waals surface area contributed by atoms with Crippen LogP contribution in [0, 0.1) is 5.41 Å². The largest absolute Gasteiger partial charge is 0.382 e. The third kappa shape index (κ3) is 6.57. The third-order valence-corrected chi connectivity index (χ3v) is 5.32. The monoisotopic (exact) mass is 340 g/mol. The van der Waals surface area contributed by atoms with Gasteiger partial charge in [-0.3, -0.25) is 9.89 Å². The second-order valence-electron chi connectivity index (χ2n) is 6.96. The molecule has 0 spiro atoms. The average molecular weight is 341 g/mol. The Morgan fingerprint density at radius 2 is 1.96 bits per heavy atom. The molecule has 6 heteroatoms. The van der Waals surface area contributed by atoms with E-state index in [0.717, 1.165) is 71.5 Å². The number of guanidine groups is 1. The molecule has 0 aromatic heterocycles. The molecule has 2 rings (SSSR count). The van der Waals surface area contributed by atoms with Gasteiger partial charge < -0.3 is 20.1 Å². The summed E-state index contributed by atoms with van der Waals surface area (Å²) in [5, 5.41) is 7.01. The fourth-order valence-electron chi connectivity index (χ4n) is 3.72. The summed E-state index contributed by atoms with van der Waals surface area (Å²) in [7, 11) is 1.85. The average Bonchev–Trinajstić information content (AvgIpc) is 3.08. The zero-order valence-corrected chi connectivity index (χ0v) is 15.6. The molecule has 1 heterocycles. The van der Waals surface area contributed by atoms with E-state index in [-0.39, 0.29) is 0 Å². The summed E-state index contributed by atoms with van der Waals surface area (Å²) in [5.41, 5.74) is 0.386. The summed E-state index contributed by atoms with van der Waals surface area (Å²) < 4.78 is 11.0. The predicted octanol–water partition coefficient (Wildman–Crippen LogP) is 1.47. The molecule has 140 valence electrons. The summed E-state index contributed by atoms with van der Waals surface area (Å²) in [6, 6.07) is 0. The van der Waals surface area contributed by atoms with Crippen molar-refractivity contribution in [1.82, 2.24) is 15.5 Å². The molecular weight excluding hydrogens is 304 g/mol. The molecule has 24 heavy (non-hydrogen) atoms. The molecule has 1 aliphatic heterocycles. The number of morpholine rings is 1. The van der Waals surface area contributed by atoms with Crippen LogP contribution in [-0.4, -0.2) is 77.1 Å². The maximum absolute atomic E-state index is 5.60. The SMILES string of the molecule is CCOCCC1(CNC(=NC)NCCN2CCOCC2)CCCC1. The topological polar surface area (TPSA) is 58.1 Å². The molecule has 0 bridgehead atoms. The fraction of sp³-hybridized carbons (Fsp3) is 0.944. The lowest BCUT2D eigenvalue weighted by Crippen LogP contribution is -2.46. The molecule has 2 fully saturated rings. The number of nitrogens with one attached hydrogen (secondary N) is 2. The lowest BCUT2D eigenvalue weighted by Gasteiger charge is -2.30. The number of rotatable bonds is 9. The van der Waals surface area contributed by atoms with Gasteiger partial charge in [-0.05, 0) is 31.6 Å². The first-order valence-corrected chi connectivity index (χ1v) is 9.60. The van der Waals surface area contributed by atoms with Gasteiger partial charge in [0.1, 0.15) is 0 Å². The highest BCUT2D eigenvalue weighted by Gasteiger charge is 2.33. The second kappa shape index (κ2) is 10.9. The van der Waals surface area contributed by atoms with E-state index in [9.17, 15) is 0 Å². The fourth-order valence-corrected chi connectivity index (χ4v) is 3.72. The molecule has 1 saturated heterocycles. The minimum absolute atomic E-state index is 0.386. The van der Waals surface area contributed by atoms with E-state index in [4.69, 9.17) is 9.47 Å². The molecule has 1 aliphatic carbocycles. The maximum Gasteiger partial charge on any atom is 0.191 e. The Balaban J connectivity index is 1.68. The van der Waals surface area contributed by atoms with E-state index < -0.39 is 0 Å². The normalized spacial score (nSPS) is 21.8. The molecular formula is C18H36N4O2. The Bertz CT molecular complexity index is 364. The van der Waals surface area contributed by atoms with Gasteiger partial charge >= 0.3 is 0 Å². The van der Waals surface area contributed by atoms with Crippen LogP contribution in [0.2, 0.25) is 0 Å². The van der Waals surface area contributed by atoms with Crippen LogP contribution in [0.5, 0.6) is 0 Å². The lowest BCUT2D eigenvalue weighted by molar-refractivity contribution is 0.0389. The predicted molar refractivity (Wildman–Crippen MR) is 98.6 cm³/mol. The lowest BCUT2D eigenvalue weighted by atomic mass is 9.83. The van der Waals surface area contributed by atoms with Crippen LogP contribution < -0.4 is 10.6 Å². The van der Waals surface area contributed by atoms with Gasteiger partial charge in [0.25, 0.3) is 0 Å². The van der Waals surface area contributed by atoms with Gasteiger partial charge in [-0.25, -0.2) is 0 Å². The van der Waals surface area contributed by atoms with Crippen molar-refractivity contribution in [1.29, 1.82) is 0 Å². The molecule has 0 amide bonds. The van der Waals surface area contributed by atoms with Crippen LogP contribution >= 0.6 is 0 Å². The maximum atomic E-state index is 5.60. The smallest absolute Gasteiger partial charge is 0.191 e. The van der Waals surface area contributed by atoms with Crippen molar-refractivity contribution in [2.24, 2.45) is 10.4 Å². The van der Waals surface area contributed by atoms with Crippen LogP contribution in [0.4, 0.5) is 0 Å². The third-order valence-electron chi connectivity index (χ3n) is 5.32. The zero-order chi connectivity index (χ0) is 17.1. The van der Waals surface area contributed by atoms with Crippen LogP contribution in [-0.2, 0) is 9.47 Å². The number of hydrogen-bond donors (Lipinski definition) is 2. The molecule has 6 nitrogen and oxygen atoms in total. The van der Waals surface area contributed by atoms with Gasteiger partial charge in [0.2, 0.25) is 0 Å². The summed E-state index contributed by atoms with van der Waals surface area (Å²) in [6.07, 6.45) is 6.45.